The fraction of sp³-hybridized carbons (Fsp3) is 0.700. The van der Waals surface area contributed by atoms with Gasteiger partial charge in [-0.2, -0.15) is 0 Å². The van der Waals surface area contributed by atoms with E-state index < -0.39 is 0 Å². The first-order valence-electron chi connectivity index (χ1n) is 4.53. The number of ether oxygens (including phenoxy) is 1. The summed E-state index contributed by atoms with van der Waals surface area (Å²) in [6.07, 6.45) is 4.54. The van der Waals surface area contributed by atoms with E-state index >= 15 is 0 Å². The molecule has 70 valence electrons. The van der Waals surface area contributed by atoms with Crippen molar-refractivity contribution in [3.63, 3.8) is 0 Å². The lowest BCUT2D eigenvalue weighted by Crippen LogP contribution is -2.11. The molecule has 0 radical (unpaired) electrons. The first kappa shape index (κ1) is 11.2. The molecule has 0 aromatic carbocycles. The van der Waals surface area contributed by atoms with Gasteiger partial charge in [0.1, 0.15) is 0 Å². The van der Waals surface area contributed by atoms with Crippen LogP contribution in [0.2, 0.25) is 0 Å². The van der Waals surface area contributed by atoms with Gasteiger partial charge in [0.2, 0.25) is 0 Å². The topological polar surface area (TPSA) is 26.3 Å². The Kier molecular flexibility index (Phi) is 6.44. The number of carbonyl (C=O) groups excluding carboxylic acids is 1. The van der Waals surface area contributed by atoms with Crippen LogP contribution in [0.3, 0.4) is 0 Å². The summed E-state index contributed by atoms with van der Waals surface area (Å²) >= 11 is 0. The Hall–Kier alpha value is -0.790. The lowest BCUT2D eigenvalue weighted by molar-refractivity contribution is -0.139. The molecule has 2 nitrogen and oxygen atoms in total. The fourth-order valence-electron chi connectivity index (χ4n) is 1.07. The molecule has 0 saturated carbocycles. The van der Waals surface area contributed by atoms with Crippen molar-refractivity contribution in [1.29, 1.82) is 0 Å². The van der Waals surface area contributed by atoms with E-state index in [2.05, 4.69) is 20.4 Å². The minimum atomic E-state index is -0.315. The van der Waals surface area contributed by atoms with Crippen LogP contribution in [0.4, 0.5) is 0 Å². The smallest absolute Gasteiger partial charge is 0.330 e. The normalized spacial score (nSPS) is 12.2. The van der Waals surface area contributed by atoms with Gasteiger partial charge in [-0.25, -0.2) is 4.79 Å². The molecule has 1 unspecified atom stereocenters. The zero-order valence-electron chi connectivity index (χ0n) is 8.01. The van der Waals surface area contributed by atoms with Crippen LogP contribution in [0.15, 0.2) is 12.7 Å². The molecule has 2 heteroatoms. The van der Waals surface area contributed by atoms with Crippen LogP contribution in [0.1, 0.15) is 33.1 Å². The molecule has 0 N–H and O–H groups in total. The van der Waals surface area contributed by atoms with E-state index in [9.17, 15) is 4.79 Å². The number of carbonyl (C=O) groups is 1. The Balaban J connectivity index is 3.56. The molecule has 0 bridgehead atoms. The van der Waals surface area contributed by atoms with Crippen molar-refractivity contribution in [3.05, 3.63) is 12.7 Å². The van der Waals surface area contributed by atoms with Crippen LogP contribution in [0, 0.1) is 5.92 Å². The summed E-state index contributed by atoms with van der Waals surface area (Å²) in [5.41, 5.74) is 0. The SMILES string of the molecule is C=CC(=O)OCC(CC)CCC. The van der Waals surface area contributed by atoms with Crippen molar-refractivity contribution >= 4 is 5.97 Å². The largest absolute Gasteiger partial charge is 0.462 e. The summed E-state index contributed by atoms with van der Waals surface area (Å²) in [4.78, 5) is 10.7. The van der Waals surface area contributed by atoms with Crippen molar-refractivity contribution in [3.8, 4) is 0 Å². The van der Waals surface area contributed by atoms with Gasteiger partial charge in [0, 0.05) is 6.08 Å². The zero-order valence-corrected chi connectivity index (χ0v) is 8.01. The molecule has 0 amide bonds. The molecule has 0 heterocycles. The highest BCUT2D eigenvalue weighted by molar-refractivity contribution is 5.81. The van der Waals surface area contributed by atoms with E-state index in [4.69, 9.17) is 4.74 Å². The number of esters is 1. The van der Waals surface area contributed by atoms with Crippen molar-refractivity contribution in [2.24, 2.45) is 5.92 Å². The van der Waals surface area contributed by atoms with Crippen LogP contribution >= 0.6 is 0 Å². The van der Waals surface area contributed by atoms with E-state index in [1.807, 2.05) is 0 Å². The maximum atomic E-state index is 10.7. The molecule has 0 aliphatic carbocycles. The third-order valence-corrected chi connectivity index (χ3v) is 1.90. The first-order chi connectivity index (χ1) is 5.74. The highest BCUT2D eigenvalue weighted by Gasteiger charge is 2.06. The molecule has 0 aliphatic rings. The number of hydrogen-bond acceptors (Lipinski definition) is 2. The molecule has 1 atom stereocenters. The molecule has 0 fully saturated rings. The van der Waals surface area contributed by atoms with Gasteiger partial charge in [0.25, 0.3) is 0 Å². The van der Waals surface area contributed by atoms with Crippen LogP contribution < -0.4 is 0 Å². The predicted molar refractivity (Wildman–Crippen MR) is 49.8 cm³/mol. The Morgan fingerprint density at radius 1 is 1.58 bits per heavy atom. The van der Waals surface area contributed by atoms with Crippen LogP contribution in [0.5, 0.6) is 0 Å². The summed E-state index contributed by atoms with van der Waals surface area (Å²) in [6, 6.07) is 0. The van der Waals surface area contributed by atoms with Gasteiger partial charge in [-0.1, -0.05) is 33.3 Å². The highest BCUT2D eigenvalue weighted by Crippen LogP contribution is 2.10. The zero-order chi connectivity index (χ0) is 9.40. The third kappa shape index (κ3) is 4.94. The van der Waals surface area contributed by atoms with Gasteiger partial charge in [0.15, 0.2) is 0 Å². The van der Waals surface area contributed by atoms with Crippen LogP contribution in [-0.2, 0) is 9.53 Å². The van der Waals surface area contributed by atoms with E-state index in [1.165, 1.54) is 6.08 Å². The quantitative estimate of drug-likeness (QED) is 0.452. The Morgan fingerprint density at radius 2 is 2.25 bits per heavy atom. The Bertz CT molecular complexity index is 141. The Labute approximate surface area is 74.6 Å². The Morgan fingerprint density at radius 3 is 2.67 bits per heavy atom. The van der Waals surface area contributed by atoms with Crippen molar-refractivity contribution in [1.82, 2.24) is 0 Å². The van der Waals surface area contributed by atoms with E-state index in [0.29, 0.717) is 12.5 Å². The van der Waals surface area contributed by atoms with Crippen molar-refractivity contribution in [2.45, 2.75) is 33.1 Å². The molecular formula is C10H18O2. The molecule has 0 aromatic rings. The predicted octanol–water partition coefficient (Wildman–Crippen LogP) is 2.54. The molecular weight excluding hydrogens is 152 g/mol. The summed E-state index contributed by atoms with van der Waals surface area (Å²) in [5, 5.41) is 0. The first-order valence-corrected chi connectivity index (χ1v) is 4.53. The van der Waals surface area contributed by atoms with Crippen LogP contribution in [-0.4, -0.2) is 12.6 Å². The summed E-state index contributed by atoms with van der Waals surface area (Å²) in [7, 11) is 0. The monoisotopic (exact) mass is 170 g/mol. The molecule has 0 aromatic heterocycles. The third-order valence-electron chi connectivity index (χ3n) is 1.90. The van der Waals surface area contributed by atoms with E-state index in [-0.39, 0.29) is 5.97 Å². The molecule has 0 rings (SSSR count). The molecule has 12 heavy (non-hydrogen) atoms. The molecule has 0 spiro atoms. The van der Waals surface area contributed by atoms with Gasteiger partial charge in [-0.3, -0.25) is 0 Å². The van der Waals surface area contributed by atoms with Gasteiger partial charge in [-0.05, 0) is 12.3 Å². The minimum Gasteiger partial charge on any atom is -0.462 e. The molecule has 0 aliphatic heterocycles. The maximum Gasteiger partial charge on any atom is 0.330 e. The van der Waals surface area contributed by atoms with Crippen molar-refractivity contribution in [2.75, 3.05) is 6.61 Å². The van der Waals surface area contributed by atoms with E-state index in [0.717, 1.165) is 19.3 Å². The van der Waals surface area contributed by atoms with Gasteiger partial charge >= 0.3 is 5.97 Å². The average molecular weight is 170 g/mol. The lowest BCUT2D eigenvalue weighted by atomic mass is 10.0. The van der Waals surface area contributed by atoms with Crippen molar-refractivity contribution < 1.29 is 9.53 Å². The van der Waals surface area contributed by atoms with Gasteiger partial charge < -0.3 is 4.74 Å². The average Bonchev–Trinajstić information content (AvgIpc) is 2.11. The maximum absolute atomic E-state index is 10.7. The second-order valence-electron chi connectivity index (χ2n) is 2.90. The van der Waals surface area contributed by atoms with Crippen LogP contribution in [0.25, 0.3) is 0 Å². The summed E-state index contributed by atoms with van der Waals surface area (Å²) < 4.78 is 4.94. The minimum absolute atomic E-state index is 0.315. The summed E-state index contributed by atoms with van der Waals surface area (Å²) in [5.74, 6) is 0.198. The highest BCUT2D eigenvalue weighted by atomic mass is 16.5. The molecule has 0 saturated heterocycles. The second-order valence-corrected chi connectivity index (χ2v) is 2.90. The van der Waals surface area contributed by atoms with Gasteiger partial charge in [-0.15, -0.1) is 0 Å². The standard InChI is InChI=1S/C10H18O2/c1-4-7-9(5-2)8-12-10(11)6-3/h6,9H,3-5,7-8H2,1-2H3. The summed E-state index contributed by atoms with van der Waals surface area (Å²) in [6.45, 7) is 8.12. The lowest BCUT2D eigenvalue weighted by Gasteiger charge is -2.12. The number of rotatable bonds is 6. The second kappa shape index (κ2) is 6.89. The van der Waals surface area contributed by atoms with Gasteiger partial charge in [0.05, 0.1) is 6.61 Å². The van der Waals surface area contributed by atoms with E-state index in [1.54, 1.807) is 0 Å². The number of hydrogen-bond donors (Lipinski definition) is 0. The fourth-order valence-corrected chi connectivity index (χ4v) is 1.07.